The minimum absolute atomic E-state index is 0.00153. The van der Waals surface area contributed by atoms with Crippen LogP contribution in [-0.2, 0) is 47.5 Å². The standard InChI is InChI=1S/C58H96FN7O17/c1-14-43-58(12,75)48(69)34(5)45(60)32(3)27-56(10,74)49(82-52-46(68)31(2)25-33(4)77-52)35(6)47(36(7)51(70)80-43)81-44-28-57(11,76-13)50(37(8)78-44)83-54(72)62-20-16-15-19-61-53(71)65-23-21-64(22-24-65)42-18-17-39(26-41(42)59)66-30-40(79-55(66)73)29-63-38(9)67/h17-18,26,31-37,40,43-50,52,68-69,74-75H,14-16,19-25,27-30,60H2,1-13H3,(H,61,71)(H,62,72)(H,63,67)/t31?,32-,33?,34+,35?,36-,37?,40+,43-,44?,45+,46?,47+,48-,49-,50?,52?,56-,57?,58-/m1/s1. The Morgan fingerprint density at radius 1 is 0.855 bits per heavy atom. The van der Waals surface area contributed by atoms with Gasteiger partial charge in [-0.1, -0.05) is 34.6 Å². The number of nitrogens with zero attached hydrogens (tertiary/aromatic N) is 3. The Balaban J connectivity index is 1.04. The average molecular weight is 1180 g/mol. The summed E-state index contributed by atoms with van der Waals surface area (Å²) in [6.45, 7) is 22.6. The molecule has 5 aliphatic heterocycles. The predicted molar refractivity (Wildman–Crippen MR) is 302 cm³/mol. The molecule has 0 radical (unpaired) electrons. The minimum atomic E-state index is -1.92. The summed E-state index contributed by atoms with van der Waals surface area (Å²) in [4.78, 5) is 69.5. The van der Waals surface area contributed by atoms with Gasteiger partial charge in [-0.2, -0.15) is 0 Å². The van der Waals surface area contributed by atoms with E-state index in [9.17, 15) is 44.4 Å². The number of aliphatic hydroxyl groups excluding tert-OH is 2. The van der Waals surface area contributed by atoms with Gasteiger partial charge < -0.3 is 89.8 Å². The summed E-state index contributed by atoms with van der Waals surface area (Å²) in [5.41, 5.74) is 2.63. The number of methoxy groups -OCH3 is 1. The van der Waals surface area contributed by atoms with E-state index in [1.165, 1.54) is 31.9 Å². The van der Waals surface area contributed by atoms with E-state index >= 15 is 4.39 Å². The lowest BCUT2D eigenvalue weighted by molar-refractivity contribution is -0.317. The number of rotatable bonds is 16. The highest BCUT2D eigenvalue weighted by Gasteiger charge is 2.54. The first-order valence-corrected chi connectivity index (χ1v) is 29.6. The van der Waals surface area contributed by atoms with E-state index in [-0.39, 0.29) is 62.9 Å². The van der Waals surface area contributed by atoms with Crippen LogP contribution in [0.25, 0.3) is 0 Å². The fourth-order valence-corrected chi connectivity index (χ4v) is 12.7. The van der Waals surface area contributed by atoms with Crippen LogP contribution in [-0.4, -0.2) is 205 Å². The molecule has 6 rings (SSSR count). The van der Waals surface area contributed by atoms with E-state index < -0.39 is 132 Å². The Labute approximate surface area is 488 Å². The van der Waals surface area contributed by atoms with Crippen molar-refractivity contribution in [2.45, 2.75) is 212 Å². The highest BCUT2D eigenvalue weighted by molar-refractivity contribution is 5.90. The summed E-state index contributed by atoms with van der Waals surface area (Å²) in [6, 6.07) is 3.50. The molecule has 0 spiro atoms. The monoisotopic (exact) mass is 1180 g/mol. The molecule has 5 amide bonds. The molecule has 83 heavy (non-hydrogen) atoms. The normalized spacial score (nSPS) is 38.6. The van der Waals surface area contributed by atoms with Gasteiger partial charge in [-0.05, 0) is 104 Å². The Hall–Kier alpha value is -4.70. The van der Waals surface area contributed by atoms with Gasteiger partial charge in [-0.15, -0.1) is 0 Å². The molecular formula is C58H96FN7O17. The zero-order chi connectivity index (χ0) is 61.5. The molecule has 0 aliphatic carbocycles. The number of nitrogens with one attached hydrogen (secondary N) is 3. The van der Waals surface area contributed by atoms with E-state index in [0.717, 1.165) is 0 Å². The van der Waals surface area contributed by atoms with Crippen LogP contribution in [0, 0.1) is 35.4 Å². The molecule has 9 unspecified atom stereocenters. The smallest absolute Gasteiger partial charge is 0.414 e. The average Bonchev–Trinajstić information content (AvgIpc) is 3.62. The number of hydrogen-bond donors (Lipinski definition) is 8. The number of alkyl carbamates (subject to hydrolysis) is 1. The van der Waals surface area contributed by atoms with Crippen molar-refractivity contribution >= 4 is 41.5 Å². The lowest BCUT2D eigenvalue weighted by atomic mass is 9.72. The maximum atomic E-state index is 15.4. The topological polar surface area (TPSA) is 312 Å². The fourth-order valence-electron chi connectivity index (χ4n) is 12.7. The molecule has 5 heterocycles. The van der Waals surface area contributed by atoms with Crippen LogP contribution in [0.3, 0.4) is 0 Å². The fraction of sp³-hybridized carbons (Fsp3) is 0.810. The van der Waals surface area contributed by atoms with Gasteiger partial charge in [0, 0.05) is 77.6 Å². The molecule has 5 aliphatic rings. The zero-order valence-electron chi connectivity index (χ0n) is 50.8. The predicted octanol–water partition coefficient (Wildman–Crippen LogP) is 3.90. The third-order valence-electron chi connectivity index (χ3n) is 17.8. The zero-order valence-corrected chi connectivity index (χ0v) is 50.8. The van der Waals surface area contributed by atoms with E-state index in [0.29, 0.717) is 63.4 Å². The number of halogens is 1. The Morgan fingerprint density at radius 3 is 2.14 bits per heavy atom. The number of esters is 1. The second-order valence-electron chi connectivity index (χ2n) is 24.6. The van der Waals surface area contributed by atoms with Crippen molar-refractivity contribution in [1.82, 2.24) is 20.9 Å². The lowest BCUT2D eigenvalue weighted by Gasteiger charge is -2.49. The number of hydrogen-bond acceptors (Lipinski definition) is 19. The number of piperazine rings is 1. The minimum Gasteiger partial charge on any atom is -0.459 e. The van der Waals surface area contributed by atoms with Crippen LogP contribution in [0.5, 0.6) is 0 Å². The molecule has 24 nitrogen and oxygen atoms in total. The van der Waals surface area contributed by atoms with E-state index in [1.807, 2.05) is 25.7 Å². The van der Waals surface area contributed by atoms with Crippen molar-refractivity contribution in [3.63, 3.8) is 0 Å². The number of urea groups is 1. The first-order valence-electron chi connectivity index (χ1n) is 29.6. The summed E-state index contributed by atoms with van der Waals surface area (Å²) in [6.07, 6.45) is -10.4. The summed E-state index contributed by atoms with van der Waals surface area (Å²) >= 11 is 0. The second kappa shape index (κ2) is 28.7. The van der Waals surface area contributed by atoms with E-state index in [4.69, 9.17) is 43.6 Å². The highest BCUT2D eigenvalue weighted by Crippen LogP contribution is 2.42. The summed E-state index contributed by atoms with van der Waals surface area (Å²) < 4.78 is 65.0. The Kier molecular flexibility index (Phi) is 23.3. The van der Waals surface area contributed by atoms with Crippen LogP contribution < -0.4 is 31.5 Å². The number of aliphatic hydroxyl groups is 4. The molecule has 5 saturated heterocycles. The first kappa shape index (κ1) is 67.4. The maximum absolute atomic E-state index is 15.4. The molecular weight excluding hydrogens is 1090 g/mol. The Bertz CT molecular complexity index is 2350. The molecule has 5 fully saturated rings. The third-order valence-corrected chi connectivity index (χ3v) is 17.8. The largest absolute Gasteiger partial charge is 0.459 e. The molecule has 25 heteroatoms. The number of anilines is 2. The van der Waals surface area contributed by atoms with Gasteiger partial charge in [0.2, 0.25) is 5.91 Å². The van der Waals surface area contributed by atoms with E-state index in [1.54, 1.807) is 65.5 Å². The first-order chi connectivity index (χ1) is 38.9. The van der Waals surface area contributed by atoms with Gasteiger partial charge >= 0.3 is 24.2 Å². The van der Waals surface area contributed by atoms with Crippen molar-refractivity contribution in [2.75, 3.05) is 69.3 Å². The Morgan fingerprint density at radius 2 is 1.52 bits per heavy atom. The van der Waals surface area contributed by atoms with Crippen LogP contribution >= 0.6 is 0 Å². The molecule has 9 N–H and O–H groups in total. The quantitative estimate of drug-likeness (QED) is 0.0661. The third kappa shape index (κ3) is 16.4. The van der Waals surface area contributed by atoms with Crippen molar-refractivity contribution in [1.29, 1.82) is 0 Å². The molecule has 472 valence electrons. The number of amides is 5. The van der Waals surface area contributed by atoms with Crippen LogP contribution in [0.4, 0.5) is 30.1 Å². The molecule has 1 aromatic carbocycles. The van der Waals surface area contributed by atoms with Crippen LogP contribution in [0.15, 0.2) is 18.2 Å². The molecule has 1 aromatic rings. The number of benzene rings is 1. The van der Waals surface area contributed by atoms with Crippen molar-refractivity contribution in [3.8, 4) is 0 Å². The number of unbranched alkanes of at least 4 members (excludes halogenated alkanes) is 1. The number of carbonyl (C=O) groups excluding carboxylic acids is 5. The van der Waals surface area contributed by atoms with E-state index in [2.05, 4.69) is 16.0 Å². The van der Waals surface area contributed by atoms with Crippen molar-refractivity contribution in [2.24, 2.45) is 35.3 Å². The van der Waals surface area contributed by atoms with Crippen molar-refractivity contribution < 1.29 is 86.7 Å². The van der Waals surface area contributed by atoms with Gasteiger partial charge in [-0.25, -0.2) is 18.8 Å². The van der Waals surface area contributed by atoms with Crippen LogP contribution in [0.2, 0.25) is 0 Å². The summed E-state index contributed by atoms with van der Waals surface area (Å²) in [7, 11) is 1.47. The molecule has 0 saturated carbocycles. The molecule has 0 bridgehead atoms. The summed E-state index contributed by atoms with van der Waals surface area (Å²) in [5.74, 6) is -4.90. The lowest BCUT2D eigenvalue weighted by Crippen LogP contribution is -2.61. The molecule has 20 atom stereocenters. The highest BCUT2D eigenvalue weighted by atomic mass is 19.1. The van der Waals surface area contributed by atoms with Gasteiger partial charge in [0.25, 0.3) is 0 Å². The SMILES string of the molecule is CC[C@H]1OC(=O)[C@H](C)[C@@H](OC2CC(C)(OC)C(OC(=O)NCCCCNC(=O)N3CCN(c4ccc(N5C[C@H](CNC(C)=O)OC5=O)cc4F)CC3)C(C)O2)C(C)[C@@H](OC2OC(C)CC(C)C2O)[C@](C)(O)C[C@@H](C)[C@H](N)[C@H](C)[C@@H](O)[C@]1(C)O. The number of carbonyl (C=O) groups is 5. The van der Waals surface area contributed by atoms with Crippen molar-refractivity contribution in [3.05, 3.63) is 24.0 Å². The van der Waals surface area contributed by atoms with Gasteiger partial charge in [0.1, 0.15) is 35.3 Å². The van der Waals surface area contributed by atoms with Gasteiger partial charge in [0.15, 0.2) is 18.7 Å². The number of ether oxygens (including phenoxy) is 8. The number of nitrogens with two attached hydrogens (primary N) is 1. The number of cyclic esters (lactones) is 2. The maximum Gasteiger partial charge on any atom is 0.414 e. The second-order valence-corrected chi connectivity index (χ2v) is 24.6. The van der Waals surface area contributed by atoms with Crippen LogP contribution in [0.1, 0.15) is 122 Å². The van der Waals surface area contributed by atoms with Gasteiger partial charge in [-0.3, -0.25) is 14.5 Å². The summed E-state index contributed by atoms with van der Waals surface area (Å²) in [5, 5.41) is 55.9. The molecule has 0 aromatic heterocycles. The van der Waals surface area contributed by atoms with Gasteiger partial charge in [0.05, 0.1) is 66.5 Å².